The van der Waals surface area contributed by atoms with Crippen LogP contribution in [-0.2, 0) is 24.2 Å². The van der Waals surface area contributed by atoms with Crippen LogP contribution in [0.5, 0.6) is 11.5 Å². The highest BCUT2D eigenvalue weighted by Crippen LogP contribution is 2.24. The molecule has 6 rings (SSSR count). The predicted molar refractivity (Wildman–Crippen MR) is 198 cm³/mol. The van der Waals surface area contributed by atoms with E-state index >= 15 is 0 Å². The van der Waals surface area contributed by atoms with Crippen LogP contribution in [0, 0.1) is 32.1 Å². The number of benzene rings is 4. The van der Waals surface area contributed by atoms with Gasteiger partial charge in [-0.15, -0.1) is 0 Å². The highest BCUT2D eigenvalue weighted by Gasteiger charge is 2.20. The molecule has 270 valence electrons. The Bertz CT molecular complexity index is 2140. The summed E-state index contributed by atoms with van der Waals surface area (Å²) < 4.78 is 22.8. The Morgan fingerprint density at radius 3 is 2.09 bits per heavy atom. The minimum absolute atomic E-state index is 0.0514. The van der Waals surface area contributed by atoms with E-state index in [1.54, 1.807) is 36.4 Å². The summed E-state index contributed by atoms with van der Waals surface area (Å²) in [5.41, 5.74) is 5.30. The van der Waals surface area contributed by atoms with Gasteiger partial charge in [0.1, 0.15) is 29.6 Å². The first-order valence-corrected chi connectivity index (χ1v) is 17.1. The summed E-state index contributed by atoms with van der Waals surface area (Å²) in [4.78, 5) is 34.1. The number of aryl methyl sites for hydroxylation is 4. The Kier molecular flexibility index (Phi) is 13.1. The Labute approximate surface area is 308 Å². The van der Waals surface area contributed by atoms with Crippen LogP contribution < -0.4 is 9.47 Å². The molecule has 0 bridgehead atoms. The minimum Gasteiger partial charge on any atom is -0.493 e. The average Bonchev–Trinajstić information content (AvgIpc) is 3.73. The van der Waals surface area contributed by atoms with Gasteiger partial charge in [-0.2, -0.15) is 5.26 Å². The molecule has 0 aliphatic rings. The summed E-state index contributed by atoms with van der Waals surface area (Å²) in [6, 6.07) is 35.7. The maximum atomic E-state index is 12.7. The topological polar surface area (TPSA) is 152 Å². The van der Waals surface area contributed by atoms with Crippen molar-refractivity contribution in [3.8, 4) is 40.5 Å². The number of aromatic nitrogens is 2. The summed E-state index contributed by atoms with van der Waals surface area (Å²) in [6.07, 6.45) is 0.914. The number of nitrogens with zero attached hydrogens (tertiary/aromatic N) is 4. The predicted octanol–water partition coefficient (Wildman–Crippen LogP) is 8.77. The van der Waals surface area contributed by atoms with Crippen molar-refractivity contribution in [2.24, 2.45) is 0 Å². The molecular weight excluding hydrogens is 672 g/mol. The van der Waals surface area contributed by atoms with Crippen LogP contribution in [0.1, 0.15) is 40.5 Å². The van der Waals surface area contributed by atoms with E-state index < -0.39 is 18.6 Å². The number of carbonyl (C=O) groups is 2. The normalized spacial score (nSPS) is 10.5. The first-order chi connectivity index (χ1) is 25.7. The summed E-state index contributed by atoms with van der Waals surface area (Å²) in [7, 11) is 0. The molecule has 0 spiro atoms. The van der Waals surface area contributed by atoms with Gasteiger partial charge in [-0.3, -0.25) is 9.69 Å². The molecule has 0 radical (unpaired) electrons. The Morgan fingerprint density at radius 2 is 1.45 bits per heavy atom. The molecule has 1 amide bonds. The summed E-state index contributed by atoms with van der Waals surface area (Å²) in [5, 5.41) is 17.8. The number of carbonyl (C=O) groups excluding carboxylic acids is 1. The van der Waals surface area contributed by atoms with Crippen molar-refractivity contribution in [3.05, 3.63) is 143 Å². The van der Waals surface area contributed by atoms with Crippen molar-refractivity contribution in [2.45, 2.75) is 46.6 Å². The molecule has 0 saturated heterocycles. The molecule has 2 aromatic heterocycles. The second-order valence-corrected chi connectivity index (χ2v) is 12.1. The second-order valence-electron chi connectivity index (χ2n) is 12.1. The van der Waals surface area contributed by atoms with Gasteiger partial charge in [0.15, 0.2) is 0 Å². The lowest BCUT2D eigenvalue weighted by Gasteiger charge is -2.20. The lowest BCUT2D eigenvalue weighted by molar-refractivity contribution is -0.138. The number of aliphatic carboxylic acids is 1. The molecule has 11 heteroatoms. The first-order valence-electron chi connectivity index (χ1n) is 17.1. The number of nitriles is 1. The van der Waals surface area contributed by atoms with E-state index in [2.05, 4.69) is 16.0 Å². The van der Waals surface area contributed by atoms with Crippen molar-refractivity contribution in [3.63, 3.8) is 0 Å². The molecule has 0 aliphatic heterocycles. The van der Waals surface area contributed by atoms with E-state index in [0.29, 0.717) is 54.7 Å². The van der Waals surface area contributed by atoms with Gasteiger partial charge in [-0.25, -0.2) is 14.8 Å². The van der Waals surface area contributed by atoms with Gasteiger partial charge in [0.2, 0.25) is 11.8 Å². The third-order valence-corrected chi connectivity index (χ3v) is 7.98. The van der Waals surface area contributed by atoms with Crippen LogP contribution in [0.3, 0.4) is 0 Å². The standard InChI is InChI=1S/C29H28N2O6.C13H12N2O/c1-20-11-13-24(14-12-20)36-29(34)31(19-27(32)33)18-22-7-6-10-25(17-22)35-16-15-26-21(2)30-28(37-26)23-8-4-3-5-9-23;1-10-12(8-5-9-14)15-13(16-10)11-6-3-2-4-7-11/h3-14,17H,15-16,18-19H2,1-2H3,(H,32,33);2-4,6-7H,5,8H2,1H3. The summed E-state index contributed by atoms with van der Waals surface area (Å²) in [5.74, 6) is 2.57. The fraction of sp³-hybridized carbons (Fsp3) is 0.214. The van der Waals surface area contributed by atoms with Gasteiger partial charge in [-0.05, 0) is 74.9 Å². The van der Waals surface area contributed by atoms with Crippen molar-refractivity contribution in [2.75, 3.05) is 13.2 Å². The van der Waals surface area contributed by atoms with E-state index in [-0.39, 0.29) is 6.54 Å². The summed E-state index contributed by atoms with van der Waals surface area (Å²) >= 11 is 0. The molecule has 0 unspecified atom stereocenters. The van der Waals surface area contributed by atoms with Crippen molar-refractivity contribution in [1.29, 1.82) is 5.26 Å². The lowest BCUT2D eigenvalue weighted by atomic mass is 10.2. The van der Waals surface area contributed by atoms with Gasteiger partial charge in [0.25, 0.3) is 0 Å². The molecule has 0 atom stereocenters. The zero-order chi connectivity index (χ0) is 37.6. The van der Waals surface area contributed by atoms with Crippen LogP contribution in [0.4, 0.5) is 4.79 Å². The Morgan fingerprint density at radius 1 is 0.792 bits per heavy atom. The molecule has 1 N–H and O–H groups in total. The Balaban J connectivity index is 0.000000281. The average molecular weight is 713 g/mol. The summed E-state index contributed by atoms with van der Waals surface area (Å²) in [6.45, 7) is 5.62. The van der Waals surface area contributed by atoms with E-state index in [0.717, 1.165) is 44.5 Å². The van der Waals surface area contributed by atoms with Crippen molar-refractivity contribution < 1.29 is 33.0 Å². The van der Waals surface area contributed by atoms with Gasteiger partial charge < -0.3 is 23.4 Å². The molecule has 0 fully saturated rings. The van der Waals surface area contributed by atoms with Gasteiger partial charge in [0, 0.05) is 36.9 Å². The van der Waals surface area contributed by atoms with Crippen LogP contribution in [0.15, 0.2) is 118 Å². The molecular formula is C42H40N4O7. The van der Waals surface area contributed by atoms with Crippen LogP contribution in [-0.4, -0.2) is 45.2 Å². The number of hydrogen-bond acceptors (Lipinski definition) is 9. The maximum Gasteiger partial charge on any atom is 0.416 e. The SMILES string of the molecule is Cc1ccc(OC(=O)N(CC(=O)O)Cc2cccc(OCCc3oc(-c4ccccc4)nc3C)c2)cc1.Cc1oc(-c2ccccc2)nc1CCC#N. The first kappa shape index (κ1) is 37.6. The number of carboxylic acids is 1. The number of rotatable bonds is 13. The largest absolute Gasteiger partial charge is 0.493 e. The number of amides is 1. The Hall–Kier alpha value is -6.67. The monoisotopic (exact) mass is 712 g/mol. The molecule has 6 aromatic rings. The van der Waals surface area contributed by atoms with Crippen LogP contribution >= 0.6 is 0 Å². The minimum atomic E-state index is -1.13. The molecule has 53 heavy (non-hydrogen) atoms. The number of ether oxygens (including phenoxy) is 2. The van der Waals surface area contributed by atoms with Gasteiger partial charge in [-0.1, -0.05) is 66.2 Å². The fourth-order valence-corrected chi connectivity index (χ4v) is 5.24. The third-order valence-electron chi connectivity index (χ3n) is 7.98. The molecule has 0 saturated carbocycles. The number of oxazole rings is 2. The molecule has 11 nitrogen and oxygen atoms in total. The highest BCUT2D eigenvalue weighted by molar-refractivity contribution is 5.78. The fourth-order valence-electron chi connectivity index (χ4n) is 5.24. The zero-order valence-electron chi connectivity index (χ0n) is 29.8. The van der Waals surface area contributed by atoms with Crippen LogP contribution in [0.2, 0.25) is 0 Å². The number of hydrogen-bond donors (Lipinski definition) is 1. The quantitative estimate of drug-likeness (QED) is 0.123. The smallest absolute Gasteiger partial charge is 0.416 e. The second kappa shape index (κ2) is 18.5. The van der Waals surface area contributed by atoms with Crippen molar-refractivity contribution in [1.82, 2.24) is 14.9 Å². The van der Waals surface area contributed by atoms with E-state index in [9.17, 15) is 14.7 Å². The van der Waals surface area contributed by atoms with Crippen molar-refractivity contribution >= 4 is 12.1 Å². The number of carboxylic acid groups (broad SMARTS) is 1. The maximum absolute atomic E-state index is 12.7. The highest BCUT2D eigenvalue weighted by atomic mass is 16.6. The molecule has 2 heterocycles. The molecule has 0 aliphatic carbocycles. The lowest BCUT2D eigenvalue weighted by Crippen LogP contribution is -2.37. The van der Waals surface area contributed by atoms with Gasteiger partial charge in [0.05, 0.1) is 24.1 Å². The van der Waals surface area contributed by atoms with Crippen LogP contribution in [0.25, 0.3) is 22.9 Å². The third kappa shape index (κ3) is 11.2. The van der Waals surface area contributed by atoms with E-state index in [1.165, 1.54) is 0 Å². The van der Waals surface area contributed by atoms with Gasteiger partial charge >= 0.3 is 12.1 Å². The molecule has 4 aromatic carbocycles. The van der Waals surface area contributed by atoms with E-state index in [1.807, 2.05) is 93.6 Å². The van der Waals surface area contributed by atoms with E-state index in [4.69, 9.17) is 23.6 Å². The zero-order valence-corrected chi connectivity index (χ0v) is 29.8.